The number of para-hydroxylation sites is 1. The first kappa shape index (κ1) is 13.9. The lowest BCUT2D eigenvalue weighted by Crippen LogP contribution is -2.00. The van der Waals surface area contributed by atoms with Crippen LogP contribution in [0.2, 0.25) is 0 Å². The standard InChI is InChI=1S/C17H13FO2S/c1-11-4-2-5-12-8-16(20-17(11)12)15(19)10-21-14-7-3-6-13(18)9-14/h2-9H,10H2,1H3. The van der Waals surface area contributed by atoms with Crippen LogP contribution in [0.4, 0.5) is 4.39 Å². The molecule has 3 rings (SSSR count). The van der Waals surface area contributed by atoms with Gasteiger partial charge in [0.25, 0.3) is 0 Å². The van der Waals surface area contributed by atoms with E-state index in [1.165, 1.54) is 23.9 Å². The van der Waals surface area contributed by atoms with Crippen molar-refractivity contribution in [1.82, 2.24) is 0 Å². The molecule has 0 saturated heterocycles. The number of benzene rings is 2. The number of hydrogen-bond donors (Lipinski definition) is 0. The van der Waals surface area contributed by atoms with Crippen molar-refractivity contribution in [3.05, 3.63) is 65.7 Å². The van der Waals surface area contributed by atoms with E-state index in [1.54, 1.807) is 18.2 Å². The quantitative estimate of drug-likeness (QED) is 0.509. The molecule has 0 radical (unpaired) electrons. The predicted molar refractivity (Wildman–Crippen MR) is 82.4 cm³/mol. The van der Waals surface area contributed by atoms with Crippen molar-refractivity contribution in [3.63, 3.8) is 0 Å². The van der Waals surface area contributed by atoms with E-state index in [9.17, 15) is 9.18 Å². The van der Waals surface area contributed by atoms with E-state index in [4.69, 9.17) is 4.42 Å². The average Bonchev–Trinajstić information content (AvgIpc) is 2.90. The van der Waals surface area contributed by atoms with Crippen molar-refractivity contribution >= 4 is 28.5 Å². The number of Topliss-reactive ketones (excluding diaryl/α,β-unsaturated/α-hetero) is 1. The fraction of sp³-hybridized carbons (Fsp3) is 0.118. The Labute approximate surface area is 126 Å². The lowest BCUT2D eigenvalue weighted by Gasteiger charge is -1.99. The Balaban J connectivity index is 1.76. The molecule has 21 heavy (non-hydrogen) atoms. The van der Waals surface area contributed by atoms with Crippen molar-refractivity contribution in [2.75, 3.05) is 5.75 Å². The zero-order valence-corrected chi connectivity index (χ0v) is 12.2. The maximum Gasteiger partial charge on any atom is 0.208 e. The van der Waals surface area contributed by atoms with Crippen LogP contribution in [0.1, 0.15) is 16.1 Å². The van der Waals surface area contributed by atoms with E-state index in [0.29, 0.717) is 5.76 Å². The molecule has 0 aliphatic carbocycles. The Morgan fingerprint density at radius 1 is 1.19 bits per heavy atom. The summed E-state index contributed by atoms with van der Waals surface area (Å²) in [5.41, 5.74) is 1.75. The van der Waals surface area contributed by atoms with Gasteiger partial charge in [-0.2, -0.15) is 0 Å². The number of fused-ring (bicyclic) bond motifs is 1. The van der Waals surface area contributed by atoms with Gasteiger partial charge in [0, 0.05) is 10.3 Å². The minimum Gasteiger partial charge on any atom is -0.453 e. The van der Waals surface area contributed by atoms with Gasteiger partial charge in [-0.05, 0) is 36.8 Å². The molecule has 0 amide bonds. The van der Waals surface area contributed by atoms with E-state index in [2.05, 4.69) is 0 Å². The molecular weight excluding hydrogens is 287 g/mol. The van der Waals surface area contributed by atoms with Crippen molar-refractivity contribution in [2.24, 2.45) is 0 Å². The molecule has 4 heteroatoms. The number of aryl methyl sites for hydroxylation is 1. The zero-order valence-electron chi connectivity index (χ0n) is 11.4. The van der Waals surface area contributed by atoms with Crippen LogP contribution >= 0.6 is 11.8 Å². The highest BCUT2D eigenvalue weighted by Gasteiger charge is 2.13. The van der Waals surface area contributed by atoms with E-state index in [0.717, 1.165) is 21.4 Å². The molecule has 1 aromatic heterocycles. The summed E-state index contributed by atoms with van der Waals surface area (Å²) >= 11 is 1.30. The fourth-order valence-electron chi connectivity index (χ4n) is 2.12. The van der Waals surface area contributed by atoms with Gasteiger partial charge in [0.2, 0.25) is 5.78 Å². The Morgan fingerprint density at radius 2 is 2.00 bits per heavy atom. The summed E-state index contributed by atoms with van der Waals surface area (Å²) in [7, 11) is 0. The SMILES string of the molecule is Cc1cccc2cc(C(=O)CSc3cccc(F)c3)oc12. The second-order valence-corrected chi connectivity index (χ2v) is 5.82. The molecule has 0 fully saturated rings. The van der Waals surface area contributed by atoms with Gasteiger partial charge in [0.15, 0.2) is 5.76 Å². The molecule has 1 heterocycles. The second-order valence-electron chi connectivity index (χ2n) is 4.77. The summed E-state index contributed by atoms with van der Waals surface area (Å²) in [4.78, 5) is 12.9. The first-order valence-electron chi connectivity index (χ1n) is 6.54. The number of carbonyl (C=O) groups is 1. The van der Waals surface area contributed by atoms with E-state index < -0.39 is 0 Å². The van der Waals surface area contributed by atoms with Crippen LogP contribution < -0.4 is 0 Å². The molecule has 0 N–H and O–H groups in total. The molecule has 0 unspecified atom stereocenters. The monoisotopic (exact) mass is 300 g/mol. The minimum atomic E-state index is -0.299. The highest BCUT2D eigenvalue weighted by atomic mass is 32.2. The molecule has 2 aromatic carbocycles. The first-order valence-corrected chi connectivity index (χ1v) is 7.53. The van der Waals surface area contributed by atoms with Crippen LogP contribution in [0.5, 0.6) is 0 Å². The number of ketones is 1. The lowest BCUT2D eigenvalue weighted by atomic mass is 10.2. The summed E-state index contributed by atoms with van der Waals surface area (Å²) in [5.74, 6) is 0.178. The highest BCUT2D eigenvalue weighted by Crippen LogP contribution is 2.25. The van der Waals surface area contributed by atoms with Gasteiger partial charge < -0.3 is 4.42 Å². The normalized spacial score (nSPS) is 11.0. The molecule has 106 valence electrons. The van der Waals surface area contributed by atoms with Gasteiger partial charge in [-0.25, -0.2) is 4.39 Å². The van der Waals surface area contributed by atoms with Crippen molar-refractivity contribution in [1.29, 1.82) is 0 Å². The maximum absolute atomic E-state index is 13.1. The summed E-state index contributed by atoms with van der Waals surface area (Å²) in [6.45, 7) is 1.95. The average molecular weight is 300 g/mol. The van der Waals surface area contributed by atoms with Crippen LogP contribution in [0.3, 0.4) is 0 Å². The van der Waals surface area contributed by atoms with Crippen LogP contribution in [0.15, 0.2) is 57.8 Å². The highest BCUT2D eigenvalue weighted by molar-refractivity contribution is 8.00. The number of carbonyl (C=O) groups excluding carboxylic acids is 1. The van der Waals surface area contributed by atoms with Crippen molar-refractivity contribution in [3.8, 4) is 0 Å². The van der Waals surface area contributed by atoms with Gasteiger partial charge >= 0.3 is 0 Å². The summed E-state index contributed by atoms with van der Waals surface area (Å²) in [6, 6.07) is 13.8. The van der Waals surface area contributed by atoms with Gasteiger partial charge in [-0.1, -0.05) is 24.3 Å². The predicted octanol–water partition coefficient (Wildman–Crippen LogP) is 4.86. The Kier molecular flexibility index (Phi) is 3.80. The number of halogens is 1. The number of thioether (sulfide) groups is 1. The van der Waals surface area contributed by atoms with Gasteiger partial charge in [-0.15, -0.1) is 11.8 Å². The van der Waals surface area contributed by atoms with Crippen LogP contribution in [0, 0.1) is 12.7 Å². The number of hydrogen-bond acceptors (Lipinski definition) is 3. The summed E-state index contributed by atoms with van der Waals surface area (Å²) in [5, 5.41) is 0.925. The summed E-state index contributed by atoms with van der Waals surface area (Å²) in [6.07, 6.45) is 0. The molecule has 0 aliphatic rings. The van der Waals surface area contributed by atoms with Gasteiger partial charge in [0.05, 0.1) is 5.75 Å². The third-order valence-corrected chi connectivity index (χ3v) is 4.18. The molecule has 0 aliphatic heterocycles. The van der Waals surface area contributed by atoms with Crippen LogP contribution in [0.25, 0.3) is 11.0 Å². The minimum absolute atomic E-state index is 0.0974. The third kappa shape index (κ3) is 3.00. The Morgan fingerprint density at radius 3 is 2.76 bits per heavy atom. The number of furan rings is 1. The molecule has 2 nitrogen and oxygen atoms in total. The second kappa shape index (κ2) is 5.74. The van der Waals surface area contributed by atoms with Crippen molar-refractivity contribution in [2.45, 2.75) is 11.8 Å². The van der Waals surface area contributed by atoms with Crippen molar-refractivity contribution < 1.29 is 13.6 Å². The van der Waals surface area contributed by atoms with Crippen LogP contribution in [-0.2, 0) is 0 Å². The third-order valence-electron chi connectivity index (χ3n) is 3.18. The molecule has 0 atom stereocenters. The molecule has 3 aromatic rings. The number of rotatable bonds is 4. The topological polar surface area (TPSA) is 30.2 Å². The van der Waals surface area contributed by atoms with E-state index in [-0.39, 0.29) is 17.4 Å². The summed E-state index contributed by atoms with van der Waals surface area (Å²) < 4.78 is 18.7. The first-order chi connectivity index (χ1) is 10.1. The Hall–Kier alpha value is -2.07. The maximum atomic E-state index is 13.1. The fourth-order valence-corrected chi connectivity index (χ4v) is 2.93. The molecule has 0 spiro atoms. The van der Waals surface area contributed by atoms with E-state index >= 15 is 0 Å². The molecule has 0 saturated carbocycles. The van der Waals surface area contributed by atoms with Gasteiger partial charge in [0.1, 0.15) is 11.4 Å². The Bertz CT molecular complexity index is 807. The van der Waals surface area contributed by atoms with Crippen LogP contribution in [-0.4, -0.2) is 11.5 Å². The van der Waals surface area contributed by atoms with E-state index in [1.807, 2.05) is 25.1 Å². The zero-order chi connectivity index (χ0) is 14.8. The smallest absolute Gasteiger partial charge is 0.208 e. The largest absolute Gasteiger partial charge is 0.453 e. The molecule has 0 bridgehead atoms. The molecular formula is C17H13FO2S. The lowest BCUT2D eigenvalue weighted by molar-refractivity contribution is 0.0994. The van der Waals surface area contributed by atoms with Gasteiger partial charge in [-0.3, -0.25) is 4.79 Å².